The fourth-order valence-electron chi connectivity index (χ4n) is 2.77. The third-order valence-corrected chi connectivity index (χ3v) is 5.86. The summed E-state index contributed by atoms with van der Waals surface area (Å²) in [7, 11) is -3.33. The number of nitrogens with one attached hydrogen (secondary N) is 2. The summed E-state index contributed by atoms with van der Waals surface area (Å²) >= 11 is 0. The molecule has 33 heavy (non-hydrogen) atoms. The molecule has 0 aliphatic rings. The maximum absolute atomic E-state index is 13.6. The van der Waals surface area contributed by atoms with Crippen LogP contribution in [0.3, 0.4) is 0 Å². The van der Waals surface area contributed by atoms with Gasteiger partial charge >= 0.3 is 12.0 Å². The maximum atomic E-state index is 13.6. The molecule has 0 aliphatic heterocycles. The summed E-state index contributed by atoms with van der Waals surface area (Å²) in [5, 5.41) is 7.61. The van der Waals surface area contributed by atoms with Crippen LogP contribution in [0.2, 0.25) is 0 Å². The summed E-state index contributed by atoms with van der Waals surface area (Å²) in [6, 6.07) is 3.54. The van der Waals surface area contributed by atoms with Gasteiger partial charge in [-0.25, -0.2) is 19.6 Å². The van der Waals surface area contributed by atoms with Crippen LogP contribution in [-0.2, 0) is 14.8 Å². The fourth-order valence-corrected chi connectivity index (χ4v) is 4.22. The number of rotatable bonds is 7. The van der Waals surface area contributed by atoms with E-state index in [-0.39, 0.29) is 29.8 Å². The van der Waals surface area contributed by atoms with Gasteiger partial charge in [0.05, 0.1) is 19.9 Å². The first-order valence-electron chi connectivity index (χ1n) is 9.57. The van der Waals surface area contributed by atoms with Crippen molar-refractivity contribution in [2.45, 2.75) is 25.8 Å². The Kier molecular flexibility index (Phi) is 6.86. The number of ether oxygens (including phenoxy) is 2. The minimum absolute atomic E-state index is 0.0135. The molecule has 0 aliphatic carbocycles. The predicted molar refractivity (Wildman–Crippen MR) is 116 cm³/mol. The number of methoxy groups -OCH3 is 1. The summed E-state index contributed by atoms with van der Waals surface area (Å²) < 4.78 is 37.5. The highest BCUT2D eigenvalue weighted by molar-refractivity contribution is 7.93. The van der Waals surface area contributed by atoms with Crippen LogP contribution in [0.5, 0.6) is 5.88 Å². The summed E-state index contributed by atoms with van der Waals surface area (Å²) in [5.41, 5.74) is 0.478. The van der Waals surface area contributed by atoms with E-state index in [1.807, 2.05) is 0 Å². The Morgan fingerprint density at radius 2 is 2.00 bits per heavy atom. The van der Waals surface area contributed by atoms with E-state index in [1.165, 1.54) is 19.4 Å². The van der Waals surface area contributed by atoms with Crippen molar-refractivity contribution < 1.29 is 27.5 Å². The number of aryl methyl sites for hydroxylation is 2. The summed E-state index contributed by atoms with van der Waals surface area (Å²) in [6.45, 7) is 4.80. The number of amides is 2. The Morgan fingerprint density at radius 1 is 1.24 bits per heavy atom. The highest BCUT2D eigenvalue weighted by Crippen LogP contribution is 2.27. The van der Waals surface area contributed by atoms with Crippen molar-refractivity contribution in [2.24, 2.45) is 0 Å². The molecule has 13 nitrogen and oxygen atoms in total. The summed E-state index contributed by atoms with van der Waals surface area (Å²) in [4.78, 5) is 37.6. The third kappa shape index (κ3) is 4.90. The molecule has 174 valence electrons. The summed E-state index contributed by atoms with van der Waals surface area (Å²) in [6.07, 6.45) is 2.32. The maximum Gasteiger partial charge on any atom is 0.344 e. The quantitative estimate of drug-likeness (QED) is 0.481. The number of aromatic amines is 1. The van der Waals surface area contributed by atoms with E-state index in [9.17, 15) is 18.0 Å². The van der Waals surface area contributed by atoms with Crippen LogP contribution < -0.4 is 14.4 Å². The van der Waals surface area contributed by atoms with Crippen LogP contribution in [0, 0.1) is 13.8 Å². The zero-order valence-corrected chi connectivity index (χ0v) is 19.0. The number of hydrogen-bond acceptors (Lipinski definition) is 10. The lowest BCUT2D eigenvalue weighted by Crippen LogP contribution is -2.42. The number of carbonyl (C=O) groups excluding carboxylic acids is 2. The van der Waals surface area contributed by atoms with E-state index < -0.39 is 27.0 Å². The smallest absolute Gasteiger partial charge is 0.344 e. The van der Waals surface area contributed by atoms with Crippen LogP contribution >= 0.6 is 0 Å². The first kappa shape index (κ1) is 23.6. The third-order valence-electron chi connectivity index (χ3n) is 4.22. The van der Waals surface area contributed by atoms with Gasteiger partial charge in [-0.3, -0.25) is 10.4 Å². The molecule has 0 saturated heterocycles. The lowest BCUT2D eigenvalue weighted by molar-refractivity contribution is 0.0521. The van der Waals surface area contributed by atoms with Gasteiger partial charge in [-0.2, -0.15) is 22.8 Å². The van der Waals surface area contributed by atoms with Crippen LogP contribution in [0.1, 0.15) is 28.5 Å². The van der Waals surface area contributed by atoms with Crippen molar-refractivity contribution in [3.8, 4) is 5.88 Å². The molecular formula is C19H21N7O6S. The molecule has 3 aromatic rings. The minimum atomic E-state index is -4.72. The molecule has 0 bridgehead atoms. The second kappa shape index (κ2) is 9.60. The number of urea groups is 1. The zero-order valence-electron chi connectivity index (χ0n) is 18.2. The number of hydrogen-bond donors (Lipinski definition) is 2. The average Bonchev–Trinajstić information content (AvgIpc) is 3.26. The number of esters is 1. The second-order valence-electron chi connectivity index (χ2n) is 6.55. The standard InChI is InChI=1S/C19H21N7O6S/c1-5-32-17(27)13-10-21-25-16(13)33(29,30)26(15-11(2)7-6-8-20-15)19(28)24-18-22-12(3)9-14(23-18)31-4/h6-10H,5H2,1-4H3,(H,21,25)(H,22,23,24,28). The average molecular weight is 475 g/mol. The van der Waals surface area contributed by atoms with Crippen molar-refractivity contribution in [3.63, 3.8) is 0 Å². The number of H-pyrrole nitrogens is 1. The Bertz CT molecular complexity index is 1290. The molecule has 2 N–H and O–H groups in total. The van der Waals surface area contributed by atoms with E-state index in [0.717, 1.165) is 6.20 Å². The predicted octanol–water partition coefficient (Wildman–Crippen LogP) is 1.82. The number of aromatic nitrogens is 5. The monoisotopic (exact) mass is 475 g/mol. The molecule has 0 saturated carbocycles. The van der Waals surface area contributed by atoms with Crippen molar-refractivity contribution in [3.05, 3.63) is 47.4 Å². The largest absolute Gasteiger partial charge is 0.481 e. The Morgan fingerprint density at radius 3 is 2.67 bits per heavy atom. The van der Waals surface area contributed by atoms with Gasteiger partial charge in [-0.1, -0.05) is 6.07 Å². The Balaban J connectivity index is 2.11. The first-order valence-corrected chi connectivity index (χ1v) is 11.0. The lowest BCUT2D eigenvalue weighted by Gasteiger charge is -2.22. The van der Waals surface area contributed by atoms with E-state index in [0.29, 0.717) is 15.6 Å². The van der Waals surface area contributed by atoms with Gasteiger partial charge in [0.2, 0.25) is 11.8 Å². The molecule has 0 spiro atoms. The van der Waals surface area contributed by atoms with E-state index in [4.69, 9.17) is 9.47 Å². The van der Waals surface area contributed by atoms with Gasteiger partial charge < -0.3 is 9.47 Å². The molecule has 2 amide bonds. The van der Waals surface area contributed by atoms with Crippen molar-refractivity contribution in [1.29, 1.82) is 0 Å². The van der Waals surface area contributed by atoms with Crippen LogP contribution in [0.15, 0.2) is 35.6 Å². The van der Waals surface area contributed by atoms with Crippen molar-refractivity contribution >= 4 is 33.8 Å². The van der Waals surface area contributed by atoms with Gasteiger partial charge in [0, 0.05) is 18.0 Å². The highest BCUT2D eigenvalue weighted by Gasteiger charge is 2.38. The molecule has 0 radical (unpaired) electrons. The van der Waals surface area contributed by atoms with Gasteiger partial charge in [0.25, 0.3) is 10.0 Å². The SMILES string of the molecule is CCOC(=O)c1cn[nH]c1S(=O)(=O)N(C(=O)Nc1nc(C)cc(OC)n1)c1ncccc1C. The number of pyridine rings is 1. The van der Waals surface area contributed by atoms with Gasteiger partial charge in [0.15, 0.2) is 10.8 Å². The summed E-state index contributed by atoms with van der Waals surface area (Å²) in [5.74, 6) is -1.14. The van der Waals surface area contributed by atoms with Crippen molar-refractivity contribution in [1.82, 2.24) is 25.1 Å². The molecular weight excluding hydrogens is 454 g/mol. The molecule has 0 unspecified atom stereocenters. The molecule has 0 atom stereocenters. The van der Waals surface area contributed by atoms with Crippen molar-refractivity contribution in [2.75, 3.05) is 23.3 Å². The molecule has 3 rings (SSSR count). The van der Waals surface area contributed by atoms with Crippen LogP contribution in [0.25, 0.3) is 0 Å². The fraction of sp³-hybridized carbons (Fsp3) is 0.263. The van der Waals surface area contributed by atoms with Gasteiger partial charge in [-0.15, -0.1) is 0 Å². The van der Waals surface area contributed by atoms with Gasteiger partial charge in [-0.05, 0) is 32.4 Å². The molecule has 0 fully saturated rings. The van der Waals surface area contributed by atoms with E-state index in [1.54, 1.807) is 32.9 Å². The number of carbonyl (C=O) groups is 2. The first-order chi connectivity index (χ1) is 15.7. The Hall–Kier alpha value is -4.07. The molecule has 0 aromatic carbocycles. The van der Waals surface area contributed by atoms with Gasteiger partial charge in [0.1, 0.15) is 5.56 Å². The zero-order chi connectivity index (χ0) is 24.2. The molecule has 3 heterocycles. The highest BCUT2D eigenvalue weighted by atomic mass is 32.2. The lowest BCUT2D eigenvalue weighted by atomic mass is 10.3. The van der Waals surface area contributed by atoms with Crippen LogP contribution in [0.4, 0.5) is 16.6 Å². The number of sulfonamides is 1. The topological polar surface area (TPSA) is 169 Å². The van der Waals surface area contributed by atoms with Crippen LogP contribution in [-0.4, -0.2) is 59.3 Å². The minimum Gasteiger partial charge on any atom is -0.481 e. The number of anilines is 2. The Labute approximate surface area is 189 Å². The van der Waals surface area contributed by atoms with E-state index >= 15 is 0 Å². The number of nitrogens with zero attached hydrogens (tertiary/aromatic N) is 5. The normalized spacial score (nSPS) is 11.0. The second-order valence-corrected chi connectivity index (χ2v) is 8.28. The molecule has 3 aromatic heterocycles. The molecule has 14 heteroatoms. The van der Waals surface area contributed by atoms with E-state index in [2.05, 4.69) is 30.5 Å².